The molecule has 8 aromatic carbocycles. The van der Waals surface area contributed by atoms with Gasteiger partial charge in [0.1, 0.15) is 0 Å². The molecule has 0 radical (unpaired) electrons. The minimum atomic E-state index is -5.21. The van der Waals surface area contributed by atoms with Gasteiger partial charge in [-0.05, 0) is 113 Å². The van der Waals surface area contributed by atoms with Crippen LogP contribution in [0, 0.1) is 11.3 Å². The zero-order valence-corrected chi connectivity index (χ0v) is 36.0. The molecule has 3 nitrogen and oxygen atoms in total. The van der Waals surface area contributed by atoms with E-state index in [1.54, 1.807) is 57.7 Å². The third kappa shape index (κ3) is 8.11. The second-order valence-electron chi connectivity index (χ2n) is 16.8. The molecule has 0 atom stereocenters. The summed E-state index contributed by atoms with van der Waals surface area (Å²) in [5.41, 5.74) is -7.07. The average Bonchev–Trinajstić information content (AvgIpc) is 3.84. The highest BCUT2D eigenvalue weighted by molar-refractivity contribution is 6.13. The topological polar surface area (TPSA) is 33.6 Å². The van der Waals surface area contributed by atoms with E-state index in [1.807, 2.05) is 6.07 Å². The number of aromatic nitrogens is 2. The summed E-state index contributed by atoms with van der Waals surface area (Å²) in [5.74, 6) is 0. The van der Waals surface area contributed by atoms with Crippen LogP contribution in [-0.2, 0) is 30.9 Å². The molecular formula is C54H26F15N3. The lowest BCUT2D eigenvalue weighted by Crippen LogP contribution is -2.12. The summed E-state index contributed by atoms with van der Waals surface area (Å²) in [6.07, 6.45) is -25.5. The summed E-state index contributed by atoms with van der Waals surface area (Å²) in [4.78, 5) is 0. The molecule has 0 fully saturated rings. The van der Waals surface area contributed by atoms with Gasteiger partial charge in [0.05, 0.1) is 72.9 Å². The van der Waals surface area contributed by atoms with E-state index < -0.39 is 69.8 Å². The number of fused-ring (bicyclic) bond motifs is 6. The number of benzene rings is 8. The normalized spacial score (nSPS) is 12.9. The summed E-state index contributed by atoms with van der Waals surface area (Å²) in [5, 5.41) is 11.6. The van der Waals surface area contributed by atoms with E-state index in [0.717, 1.165) is 24.3 Å². The van der Waals surface area contributed by atoms with E-state index in [1.165, 1.54) is 60.7 Å². The Morgan fingerprint density at radius 1 is 0.319 bits per heavy atom. The summed E-state index contributed by atoms with van der Waals surface area (Å²) in [6, 6.07) is 32.6. The van der Waals surface area contributed by atoms with Crippen LogP contribution in [0.5, 0.6) is 0 Å². The van der Waals surface area contributed by atoms with E-state index in [0.29, 0.717) is 33.9 Å². The van der Waals surface area contributed by atoms with Crippen LogP contribution < -0.4 is 0 Å². The number of rotatable bonds is 5. The van der Waals surface area contributed by atoms with Gasteiger partial charge in [-0.15, -0.1) is 0 Å². The monoisotopic (exact) mass is 1000 g/mol. The Hall–Kier alpha value is -8.20. The zero-order valence-electron chi connectivity index (χ0n) is 36.0. The standard InChI is InChI=1S/C54H26F15N3/c55-50(56,57)31-14-20-48(71-44-7-3-1-5-36(44)39-22-29(10-18-46(39)71)34-16-12-32(51(58,59)60)25-42(34)53(64,65)66)41(24-31)38-15-9-28(27-70)21-49(38)72-45-8-4-2-6-37(45)40-23-30(11-19-47(40)72)35-17-13-33(52(61,62)63)26-43(35)54(67,68)69/h1-26H. The molecule has 0 aliphatic heterocycles. The average molecular weight is 1000 g/mol. The van der Waals surface area contributed by atoms with Crippen LogP contribution in [0.15, 0.2) is 158 Å². The quantitative estimate of drug-likeness (QED) is 0.158. The molecule has 0 aliphatic carbocycles. The maximum atomic E-state index is 14.8. The number of halogens is 15. The van der Waals surface area contributed by atoms with Crippen molar-refractivity contribution in [2.45, 2.75) is 30.9 Å². The Labute approximate surface area is 395 Å². The summed E-state index contributed by atoms with van der Waals surface area (Å²) in [7, 11) is 0. The van der Waals surface area contributed by atoms with Crippen molar-refractivity contribution in [3.05, 3.63) is 191 Å². The highest BCUT2D eigenvalue weighted by atomic mass is 19.4. The lowest BCUT2D eigenvalue weighted by atomic mass is 9.95. The molecule has 0 saturated carbocycles. The van der Waals surface area contributed by atoms with Crippen molar-refractivity contribution in [1.29, 1.82) is 5.26 Å². The fraction of sp³-hybridized carbons (Fsp3) is 0.0926. The SMILES string of the molecule is N#Cc1ccc(-c2cc(C(F)(F)F)ccc2-n2c3ccccc3c3cc(-c4ccc(C(F)(F)F)cc4C(F)(F)F)ccc32)c(-n2c3ccccc3c3cc(-c4ccc(C(F)(F)F)cc4C(F)(F)F)ccc32)c1. The molecule has 72 heavy (non-hydrogen) atoms. The minimum absolute atomic E-state index is 0.0194. The van der Waals surface area contributed by atoms with Gasteiger partial charge in [-0.1, -0.05) is 66.7 Å². The molecule has 2 heterocycles. The largest absolute Gasteiger partial charge is 0.417 e. The van der Waals surface area contributed by atoms with Crippen LogP contribution in [0.3, 0.4) is 0 Å². The van der Waals surface area contributed by atoms with Gasteiger partial charge in [0.15, 0.2) is 0 Å². The fourth-order valence-corrected chi connectivity index (χ4v) is 9.35. The number of para-hydroxylation sites is 2. The molecule has 10 rings (SSSR count). The van der Waals surface area contributed by atoms with Crippen molar-refractivity contribution in [3.8, 4) is 50.8 Å². The second kappa shape index (κ2) is 16.4. The van der Waals surface area contributed by atoms with E-state index in [-0.39, 0.29) is 73.1 Å². The molecule has 18 heteroatoms. The molecule has 0 spiro atoms. The smallest absolute Gasteiger partial charge is 0.309 e. The number of hydrogen-bond acceptors (Lipinski definition) is 1. The zero-order chi connectivity index (χ0) is 51.4. The van der Waals surface area contributed by atoms with Crippen molar-refractivity contribution < 1.29 is 65.9 Å². The highest BCUT2D eigenvalue weighted by Crippen LogP contribution is 2.47. The molecule has 0 unspecified atom stereocenters. The fourth-order valence-electron chi connectivity index (χ4n) is 9.35. The number of alkyl halides is 15. The molecular weight excluding hydrogens is 976 g/mol. The van der Waals surface area contributed by atoms with Gasteiger partial charge in [-0.2, -0.15) is 71.1 Å². The van der Waals surface area contributed by atoms with Gasteiger partial charge < -0.3 is 9.13 Å². The molecule has 0 saturated heterocycles. The van der Waals surface area contributed by atoms with Crippen molar-refractivity contribution >= 4 is 43.6 Å². The van der Waals surface area contributed by atoms with Gasteiger partial charge in [0.2, 0.25) is 0 Å². The van der Waals surface area contributed by atoms with Gasteiger partial charge in [-0.3, -0.25) is 0 Å². The summed E-state index contributed by atoms with van der Waals surface area (Å²) in [6.45, 7) is 0. The van der Waals surface area contributed by atoms with Gasteiger partial charge in [0, 0.05) is 32.7 Å². The molecule has 2 aromatic heterocycles. The van der Waals surface area contributed by atoms with E-state index in [4.69, 9.17) is 0 Å². The Balaban J connectivity index is 1.23. The third-order valence-electron chi connectivity index (χ3n) is 12.5. The maximum absolute atomic E-state index is 14.8. The number of nitriles is 1. The van der Waals surface area contributed by atoms with Crippen LogP contribution in [0.1, 0.15) is 33.4 Å². The first-order valence-corrected chi connectivity index (χ1v) is 21.2. The number of nitrogens with zero attached hydrogens (tertiary/aromatic N) is 3. The predicted molar refractivity (Wildman–Crippen MR) is 241 cm³/mol. The molecule has 0 amide bonds. The van der Waals surface area contributed by atoms with Crippen molar-refractivity contribution in [2.24, 2.45) is 0 Å². The van der Waals surface area contributed by atoms with E-state index in [9.17, 15) is 71.1 Å². The Morgan fingerprint density at radius 3 is 1.17 bits per heavy atom. The van der Waals surface area contributed by atoms with Crippen LogP contribution in [0.4, 0.5) is 65.9 Å². The van der Waals surface area contributed by atoms with E-state index in [2.05, 4.69) is 0 Å². The summed E-state index contributed by atoms with van der Waals surface area (Å²) >= 11 is 0. The van der Waals surface area contributed by atoms with Crippen LogP contribution in [0.2, 0.25) is 0 Å². The maximum Gasteiger partial charge on any atom is 0.417 e. The Kier molecular flexibility index (Phi) is 10.8. The van der Waals surface area contributed by atoms with E-state index >= 15 is 0 Å². The molecule has 0 N–H and O–H groups in total. The van der Waals surface area contributed by atoms with Crippen LogP contribution in [-0.4, -0.2) is 9.13 Å². The van der Waals surface area contributed by atoms with Gasteiger partial charge >= 0.3 is 30.9 Å². The summed E-state index contributed by atoms with van der Waals surface area (Å²) < 4.78 is 216. The molecule has 10 aromatic rings. The van der Waals surface area contributed by atoms with Gasteiger partial charge in [0.25, 0.3) is 0 Å². The predicted octanol–water partition coefficient (Wildman–Crippen LogP) is 17.8. The third-order valence-corrected chi connectivity index (χ3v) is 12.5. The first-order valence-electron chi connectivity index (χ1n) is 21.2. The molecule has 362 valence electrons. The Bertz CT molecular complexity index is 3870. The van der Waals surface area contributed by atoms with Crippen LogP contribution >= 0.6 is 0 Å². The molecule has 0 aliphatic rings. The van der Waals surface area contributed by atoms with Crippen LogP contribution in [0.25, 0.3) is 88.4 Å². The van der Waals surface area contributed by atoms with Gasteiger partial charge in [-0.25, -0.2) is 0 Å². The first-order chi connectivity index (χ1) is 33.8. The lowest BCUT2D eigenvalue weighted by Gasteiger charge is -2.20. The van der Waals surface area contributed by atoms with Crippen molar-refractivity contribution in [2.75, 3.05) is 0 Å². The first kappa shape index (κ1) is 47.5. The second-order valence-corrected chi connectivity index (χ2v) is 16.8. The van der Waals surface area contributed by atoms with Crippen molar-refractivity contribution in [3.63, 3.8) is 0 Å². The number of hydrogen-bond donors (Lipinski definition) is 0. The molecule has 0 bridgehead atoms. The Morgan fingerprint density at radius 2 is 0.722 bits per heavy atom. The highest BCUT2D eigenvalue weighted by Gasteiger charge is 2.40. The van der Waals surface area contributed by atoms with Crippen molar-refractivity contribution in [1.82, 2.24) is 9.13 Å². The minimum Gasteiger partial charge on any atom is -0.309 e. The lowest BCUT2D eigenvalue weighted by molar-refractivity contribution is -0.144.